The molecule has 0 saturated carbocycles. The quantitative estimate of drug-likeness (QED) is 0.778. The largest absolute Gasteiger partial charge is 0.490 e. The number of carbonyl (C=O) groups excluding carboxylic acids is 1. The third kappa shape index (κ3) is 2.97. The Hall–Kier alpha value is -1.55. The molecule has 4 nitrogen and oxygen atoms in total. The van der Waals surface area contributed by atoms with Gasteiger partial charge in [-0.05, 0) is 18.2 Å². The van der Waals surface area contributed by atoms with Crippen molar-refractivity contribution in [2.75, 3.05) is 25.0 Å². The summed E-state index contributed by atoms with van der Waals surface area (Å²) in [4.78, 5) is 11.9. The van der Waals surface area contributed by atoms with Crippen molar-refractivity contribution >= 4 is 11.5 Å². The number of carbonyl (C=O) groups is 1. The van der Waals surface area contributed by atoms with Crippen LogP contribution in [-0.2, 0) is 0 Å². The normalized spacial score (nSPS) is 13.8. The van der Waals surface area contributed by atoms with Crippen LogP contribution in [0, 0.1) is 0 Å². The lowest BCUT2D eigenvalue weighted by Crippen LogP contribution is -2.29. The van der Waals surface area contributed by atoms with E-state index >= 15 is 0 Å². The zero-order chi connectivity index (χ0) is 12.3. The molecule has 0 atom stereocenters. The zero-order valence-corrected chi connectivity index (χ0v) is 10.2. The van der Waals surface area contributed by atoms with Crippen LogP contribution in [0.25, 0.3) is 0 Å². The number of ether oxygens (including phenoxy) is 1. The lowest BCUT2D eigenvalue weighted by molar-refractivity contribution is 0.0988. The lowest BCUT2D eigenvalue weighted by Gasteiger charge is -2.19. The van der Waals surface area contributed by atoms with Crippen molar-refractivity contribution in [3.8, 4) is 5.75 Å². The molecular weight excluding hydrogens is 216 g/mol. The molecule has 0 amide bonds. The van der Waals surface area contributed by atoms with Gasteiger partial charge in [0, 0.05) is 18.2 Å². The summed E-state index contributed by atoms with van der Waals surface area (Å²) in [6.07, 6.45) is 0. The van der Waals surface area contributed by atoms with Crippen LogP contribution in [0.2, 0.25) is 0 Å². The summed E-state index contributed by atoms with van der Waals surface area (Å²) in [7, 11) is 0. The number of anilines is 1. The van der Waals surface area contributed by atoms with E-state index in [2.05, 4.69) is 10.6 Å². The topological polar surface area (TPSA) is 50.4 Å². The molecule has 0 fully saturated rings. The molecule has 1 heterocycles. The molecule has 1 aromatic carbocycles. The number of benzene rings is 1. The highest BCUT2D eigenvalue weighted by molar-refractivity contribution is 5.98. The van der Waals surface area contributed by atoms with Gasteiger partial charge in [0.25, 0.3) is 0 Å². The van der Waals surface area contributed by atoms with Gasteiger partial charge in [0.15, 0.2) is 5.78 Å². The second-order valence-corrected chi connectivity index (χ2v) is 4.44. The van der Waals surface area contributed by atoms with E-state index in [1.54, 1.807) is 0 Å². The van der Waals surface area contributed by atoms with Crippen LogP contribution in [0.1, 0.15) is 24.2 Å². The van der Waals surface area contributed by atoms with Crippen molar-refractivity contribution in [3.05, 3.63) is 23.8 Å². The molecule has 0 radical (unpaired) electrons. The van der Waals surface area contributed by atoms with E-state index in [1.807, 2.05) is 32.0 Å². The van der Waals surface area contributed by atoms with Crippen LogP contribution >= 0.6 is 0 Å². The Kier molecular flexibility index (Phi) is 3.64. The monoisotopic (exact) mass is 234 g/mol. The van der Waals surface area contributed by atoms with E-state index in [4.69, 9.17) is 4.74 Å². The maximum atomic E-state index is 11.9. The number of fused-ring (bicyclic) bond motifs is 1. The van der Waals surface area contributed by atoms with E-state index in [9.17, 15) is 4.79 Å². The maximum absolute atomic E-state index is 11.9. The average molecular weight is 234 g/mol. The first kappa shape index (κ1) is 11.9. The lowest BCUT2D eigenvalue weighted by atomic mass is 10.1. The highest BCUT2D eigenvalue weighted by Gasteiger charge is 2.13. The van der Waals surface area contributed by atoms with Crippen molar-refractivity contribution in [2.24, 2.45) is 0 Å². The summed E-state index contributed by atoms with van der Waals surface area (Å²) in [5.41, 5.74) is 1.63. The first-order chi connectivity index (χ1) is 8.16. The predicted octanol–water partition coefficient (Wildman–Crippen LogP) is 1.67. The van der Waals surface area contributed by atoms with E-state index in [0.717, 1.165) is 23.5 Å². The fraction of sp³-hybridized carbons (Fsp3) is 0.462. The van der Waals surface area contributed by atoms with Crippen molar-refractivity contribution in [3.63, 3.8) is 0 Å². The maximum Gasteiger partial charge on any atom is 0.176 e. The summed E-state index contributed by atoms with van der Waals surface area (Å²) < 4.78 is 5.47. The molecule has 0 unspecified atom stereocenters. The highest BCUT2D eigenvalue weighted by atomic mass is 16.5. The van der Waals surface area contributed by atoms with E-state index < -0.39 is 0 Å². The van der Waals surface area contributed by atoms with Crippen LogP contribution in [0.3, 0.4) is 0 Å². The van der Waals surface area contributed by atoms with Gasteiger partial charge in [0.2, 0.25) is 0 Å². The van der Waals surface area contributed by atoms with Crippen LogP contribution in [0.5, 0.6) is 5.75 Å². The minimum Gasteiger partial charge on any atom is -0.490 e. The molecule has 2 N–H and O–H groups in total. The first-order valence-electron chi connectivity index (χ1n) is 5.94. The van der Waals surface area contributed by atoms with Gasteiger partial charge in [-0.25, -0.2) is 0 Å². The fourth-order valence-electron chi connectivity index (χ4n) is 1.71. The molecule has 0 spiro atoms. The van der Waals surface area contributed by atoms with Gasteiger partial charge in [0.05, 0.1) is 12.2 Å². The molecular formula is C13H18N2O2. The Balaban J connectivity index is 2.08. The molecule has 2 rings (SSSR count). The van der Waals surface area contributed by atoms with Gasteiger partial charge in [-0.2, -0.15) is 0 Å². The van der Waals surface area contributed by atoms with E-state index in [-0.39, 0.29) is 5.78 Å². The summed E-state index contributed by atoms with van der Waals surface area (Å²) >= 11 is 0. The molecule has 4 heteroatoms. The van der Waals surface area contributed by atoms with Crippen molar-refractivity contribution < 1.29 is 9.53 Å². The van der Waals surface area contributed by atoms with Crippen molar-refractivity contribution in [1.29, 1.82) is 0 Å². The summed E-state index contributed by atoms with van der Waals surface area (Å²) in [6, 6.07) is 5.84. The number of rotatable bonds is 4. The Morgan fingerprint density at radius 1 is 1.53 bits per heavy atom. The molecule has 1 aromatic rings. The summed E-state index contributed by atoms with van der Waals surface area (Å²) in [5, 5.41) is 6.35. The first-order valence-corrected chi connectivity index (χ1v) is 5.94. The number of ketones is 1. The van der Waals surface area contributed by atoms with Crippen molar-refractivity contribution in [2.45, 2.75) is 19.9 Å². The van der Waals surface area contributed by atoms with Gasteiger partial charge >= 0.3 is 0 Å². The second kappa shape index (κ2) is 5.19. The second-order valence-electron chi connectivity index (χ2n) is 4.44. The van der Waals surface area contributed by atoms with Crippen LogP contribution in [0.4, 0.5) is 5.69 Å². The third-order valence-electron chi connectivity index (χ3n) is 2.65. The van der Waals surface area contributed by atoms with Crippen molar-refractivity contribution in [1.82, 2.24) is 5.32 Å². The van der Waals surface area contributed by atoms with Crippen LogP contribution in [0.15, 0.2) is 18.2 Å². The number of hydrogen-bond acceptors (Lipinski definition) is 4. The fourth-order valence-corrected chi connectivity index (χ4v) is 1.71. The van der Waals surface area contributed by atoms with Gasteiger partial charge < -0.3 is 15.4 Å². The Morgan fingerprint density at radius 2 is 2.35 bits per heavy atom. The summed E-state index contributed by atoms with van der Waals surface area (Å²) in [5.74, 6) is 0.929. The molecule has 92 valence electrons. The molecule has 0 aliphatic carbocycles. The highest BCUT2D eigenvalue weighted by Crippen LogP contribution is 2.28. The molecule has 0 saturated heterocycles. The average Bonchev–Trinajstić information content (AvgIpc) is 2.35. The van der Waals surface area contributed by atoms with Gasteiger partial charge in [-0.1, -0.05) is 13.8 Å². The Labute approximate surface area is 101 Å². The molecule has 1 aliphatic rings. The van der Waals surface area contributed by atoms with Crippen LogP contribution in [-0.4, -0.2) is 31.5 Å². The summed E-state index contributed by atoms with van der Waals surface area (Å²) in [6.45, 7) is 5.88. The number of Topliss-reactive ketones (excluding diaryl/α,β-unsaturated/α-hetero) is 1. The van der Waals surface area contributed by atoms with E-state index in [1.165, 1.54) is 0 Å². The molecule has 0 aromatic heterocycles. The van der Waals surface area contributed by atoms with Gasteiger partial charge in [-0.3, -0.25) is 4.79 Å². The molecule has 0 bridgehead atoms. The number of hydrogen-bond donors (Lipinski definition) is 2. The SMILES string of the molecule is CC(C)NCC(=O)c1ccc2c(c1)NCCO2. The number of nitrogens with one attached hydrogen (secondary N) is 2. The minimum atomic E-state index is 0.105. The predicted molar refractivity (Wildman–Crippen MR) is 67.9 cm³/mol. The molecule has 1 aliphatic heterocycles. The van der Waals surface area contributed by atoms with Gasteiger partial charge in [0.1, 0.15) is 12.4 Å². The third-order valence-corrected chi connectivity index (χ3v) is 2.65. The van der Waals surface area contributed by atoms with E-state index in [0.29, 0.717) is 19.2 Å². The minimum absolute atomic E-state index is 0.105. The smallest absolute Gasteiger partial charge is 0.176 e. The van der Waals surface area contributed by atoms with Gasteiger partial charge in [-0.15, -0.1) is 0 Å². The Morgan fingerprint density at radius 3 is 3.12 bits per heavy atom. The Bertz CT molecular complexity index is 416. The molecule has 17 heavy (non-hydrogen) atoms. The standard InChI is InChI=1S/C13H18N2O2/c1-9(2)15-8-12(16)10-3-4-13-11(7-10)14-5-6-17-13/h3-4,7,9,14-15H,5-6,8H2,1-2H3. The zero-order valence-electron chi connectivity index (χ0n) is 10.2. The van der Waals surface area contributed by atoms with Crippen LogP contribution < -0.4 is 15.4 Å².